The van der Waals surface area contributed by atoms with E-state index in [0.717, 1.165) is 0 Å². The van der Waals surface area contributed by atoms with Crippen LogP contribution in [-0.2, 0) is 14.8 Å². The van der Waals surface area contributed by atoms with Gasteiger partial charge < -0.3 is 5.11 Å². The van der Waals surface area contributed by atoms with Gasteiger partial charge in [-0.1, -0.05) is 0 Å². The Kier molecular flexibility index (Phi) is 3.46. The molecule has 78 valence electrons. The standard InChI is InChI=1S/C7H15NO4S/c1-5(2)13(11,12)8-7(3,4)6(9)10/h5,8H,1-4H3,(H,9,10). The van der Waals surface area contributed by atoms with E-state index in [4.69, 9.17) is 5.11 Å². The van der Waals surface area contributed by atoms with Crippen molar-refractivity contribution in [3.8, 4) is 0 Å². The fourth-order valence-corrected chi connectivity index (χ4v) is 1.55. The van der Waals surface area contributed by atoms with Crippen LogP contribution in [0.25, 0.3) is 0 Å². The summed E-state index contributed by atoms with van der Waals surface area (Å²) in [4.78, 5) is 10.6. The van der Waals surface area contributed by atoms with Crippen molar-refractivity contribution in [3.05, 3.63) is 0 Å². The second-order valence-electron chi connectivity index (χ2n) is 3.63. The van der Waals surface area contributed by atoms with E-state index in [1.807, 2.05) is 0 Å². The molecule has 0 radical (unpaired) electrons. The number of rotatable bonds is 4. The summed E-state index contributed by atoms with van der Waals surface area (Å²) in [5, 5.41) is 8.03. The van der Waals surface area contributed by atoms with Crippen LogP contribution in [0.3, 0.4) is 0 Å². The van der Waals surface area contributed by atoms with E-state index < -0.39 is 26.8 Å². The molecule has 0 spiro atoms. The van der Waals surface area contributed by atoms with Crippen molar-refractivity contribution < 1.29 is 18.3 Å². The maximum atomic E-state index is 11.3. The minimum Gasteiger partial charge on any atom is -0.480 e. The normalized spacial score (nSPS) is 13.3. The van der Waals surface area contributed by atoms with Gasteiger partial charge in [0.25, 0.3) is 0 Å². The molecule has 0 aromatic heterocycles. The van der Waals surface area contributed by atoms with Crippen molar-refractivity contribution in [1.29, 1.82) is 0 Å². The molecule has 0 aromatic rings. The van der Waals surface area contributed by atoms with Gasteiger partial charge in [0.2, 0.25) is 10.0 Å². The number of hydrogen-bond acceptors (Lipinski definition) is 3. The van der Waals surface area contributed by atoms with Gasteiger partial charge in [0, 0.05) is 0 Å². The molecule has 0 heterocycles. The predicted molar refractivity (Wildman–Crippen MR) is 48.9 cm³/mol. The molecule has 6 heteroatoms. The van der Waals surface area contributed by atoms with Crippen molar-refractivity contribution >= 4 is 16.0 Å². The van der Waals surface area contributed by atoms with Crippen molar-refractivity contribution in [2.75, 3.05) is 0 Å². The summed E-state index contributed by atoms with van der Waals surface area (Å²) in [5.74, 6) is -1.20. The fourth-order valence-electron chi connectivity index (χ4n) is 0.517. The fraction of sp³-hybridized carbons (Fsp3) is 0.857. The van der Waals surface area contributed by atoms with Gasteiger partial charge in [-0.2, -0.15) is 4.72 Å². The molecule has 0 aliphatic rings. The lowest BCUT2D eigenvalue weighted by molar-refractivity contribution is -0.142. The average Bonchev–Trinajstić information content (AvgIpc) is 1.83. The van der Waals surface area contributed by atoms with Gasteiger partial charge in [-0.25, -0.2) is 8.42 Å². The SMILES string of the molecule is CC(C)S(=O)(=O)NC(C)(C)C(=O)O. The van der Waals surface area contributed by atoms with Gasteiger partial charge in [0.1, 0.15) is 5.54 Å². The molecule has 0 saturated heterocycles. The Balaban J connectivity index is 4.73. The molecule has 0 amide bonds. The molecular formula is C7H15NO4S. The lowest BCUT2D eigenvalue weighted by Crippen LogP contribution is -2.51. The molecule has 0 atom stereocenters. The van der Waals surface area contributed by atoms with Crippen LogP contribution in [0.4, 0.5) is 0 Å². The summed E-state index contributed by atoms with van der Waals surface area (Å²) in [7, 11) is -3.53. The summed E-state index contributed by atoms with van der Waals surface area (Å²) >= 11 is 0. The van der Waals surface area contributed by atoms with E-state index in [-0.39, 0.29) is 0 Å². The molecule has 0 fully saturated rings. The van der Waals surface area contributed by atoms with Crippen LogP contribution in [0.15, 0.2) is 0 Å². The van der Waals surface area contributed by atoms with Crippen LogP contribution in [0.5, 0.6) is 0 Å². The summed E-state index contributed by atoms with van der Waals surface area (Å²) < 4.78 is 24.7. The number of carboxylic acid groups (broad SMARTS) is 1. The Bertz CT molecular complexity index is 292. The molecule has 2 N–H and O–H groups in total. The number of nitrogens with one attached hydrogen (secondary N) is 1. The number of aliphatic carboxylic acids is 1. The molecule has 0 saturated carbocycles. The zero-order chi connectivity index (χ0) is 10.9. The van der Waals surface area contributed by atoms with Gasteiger partial charge >= 0.3 is 5.97 Å². The summed E-state index contributed by atoms with van der Waals surface area (Å²) in [6.45, 7) is 5.57. The molecule has 0 aliphatic carbocycles. The van der Waals surface area contributed by atoms with E-state index in [0.29, 0.717) is 0 Å². The Hall–Kier alpha value is -0.620. The maximum absolute atomic E-state index is 11.3. The van der Waals surface area contributed by atoms with Crippen molar-refractivity contribution in [2.24, 2.45) is 0 Å². The van der Waals surface area contributed by atoms with E-state index >= 15 is 0 Å². The summed E-state index contributed by atoms with van der Waals surface area (Å²) in [5.41, 5.74) is -1.46. The number of carbonyl (C=O) groups is 1. The third-order valence-electron chi connectivity index (χ3n) is 1.55. The lowest BCUT2D eigenvalue weighted by Gasteiger charge is -2.22. The zero-order valence-corrected chi connectivity index (χ0v) is 8.97. The molecule has 5 nitrogen and oxygen atoms in total. The minimum absolute atomic E-state index is 0.633. The molecule has 0 aliphatic heterocycles. The maximum Gasteiger partial charge on any atom is 0.324 e. The third kappa shape index (κ3) is 3.31. The first-order chi connectivity index (χ1) is 5.59. The van der Waals surface area contributed by atoms with E-state index in [9.17, 15) is 13.2 Å². The van der Waals surface area contributed by atoms with Crippen LogP contribution in [0, 0.1) is 0 Å². The highest BCUT2D eigenvalue weighted by Crippen LogP contribution is 2.07. The van der Waals surface area contributed by atoms with Gasteiger partial charge in [0.05, 0.1) is 5.25 Å². The molecule has 0 rings (SSSR count). The Morgan fingerprint density at radius 1 is 1.38 bits per heavy atom. The largest absolute Gasteiger partial charge is 0.480 e. The van der Waals surface area contributed by atoms with Crippen molar-refractivity contribution in [3.63, 3.8) is 0 Å². The zero-order valence-electron chi connectivity index (χ0n) is 8.16. The monoisotopic (exact) mass is 209 g/mol. The van der Waals surface area contributed by atoms with Gasteiger partial charge in [-0.05, 0) is 27.7 Å². The molecule has 0 unspecified atom stereocenters. The summed E-state index contributed by atoms with van der Waals surface area (Å²) in [6, 6.07) is 0. The van der Waals surface area contributed by atoms with Gasteiger partial charge in [0.15, 0.2) is 0 Å². The highest BCUT2D eigenvalue weighted by Gasteiger charge is 2.33. The highest BCUT2D eigenvalue weighted by atomic mass is 32.2. The molecule has 0 aromatic carbocycles. The van der Waals surface area contributed by atoms with E-state index in [1.165, 1.54) is 27.7 Å². The molecule has 0 bridgehead atoms. The van der Waals surface area contributed by atoms with E-state index in [1.54, 1.807) is 0 Å². The Morgan fingerprint density at radius 2 is 1.77 bits per heavy atom. The quantitative estimate of drug-likeness (QED) is 0.691. The van der Waals surface area contributed by atoms with Crippen LogP contribution >= 0.6 is 0 Å². The van der Waals surface area contributed by atoms with Crippen molar-refractivity contribution in [1.82, 2.24) is 4.72 Å². The van der Waals surface area contributed by atoms with E-state index in [2.05, 4.69) is 4.72 Å². The van der Waals surface area contributed by atoms with Gasteiger partial charge in [-0.15, -0.1) is 0 Å². The minimum atomic E-state index is -3.53. The predicted octanol–water partition coefficient (Wildman–Crippen LogP) is 0.177. The first-order valence-corrected chi connectivity index (χ1v) is 5.40. The first-order valence-electron chi connectivity index (χ1n) is 3.86. The van der Waals surface area contributed by atoms with Crippen LogP contribution < -0.4 is 4.72 Å². The van der Waals surface area contributed by atoms with Gasteiger partial charge in [-0.3, -0.25) is 4.79 Å². The van der Waals surface area contributed by atoms with Crippen molar-refractivity contribution in [2.45, 2.75) is 38.5 Å². The van der Waals surface area contributed by atoms with Crippen LogP contribution in [-0.4, -0.2) is 30.3 Å². The lowest BCUT2D eigenvalue weighted by atomic mass is 10.1. The average molecular weight is 209 g/mol. The smallest absolute Gasteiger partial charge is 0.324 e. The Morgan fingerprint density at radius 3 is 2.00 bits per heavy atom. The van der Waals surface area contributed by atoms with Crippen LogP contribution in [0.1, 0.15) is 27.7 Å². The number of carboxylic acids is 1. The van der Waals surface area contributed by atoms with Crippen LogP contribution in [0.2, 0.25) is 0 Å². The highest BCUT2D eigenvalue weighted by molar-refractivity contribution is 7.90. The second kappa shape index (κ2) is 3.63. The number of sulfonamides is 1. The first kappa shape index (κ1) is 12.4. The molecule has 13 heavy (non-hydrogen) atoms. The Labute approximate surface area is 78.2 Å². The topological polar surface area (TPSA) is 83.5 Å². The third-order valence-corrected chi connectivity index (χ3v) is 3.59. The molecular weight excluding hydrogens is 194 g/mol. The summed E-state index contributed by atoms with van der Waals surface area (Å²) in [6.07, 6.45) is 0. The number of hydrogen-bond donors (Lipinski definition) is 2. The second-order valence-corrected chi connectivity index (χ2v) is 5.86.